The van der Waals surface area contributed by atoms with Crippen LogP contribution in [0.15, 0.2) is 0 Å². The Balaban J connectivity index is 1.63. The Bertz CT molecular complexity index is 497. The van der Waals surface area contributed by atoms with E-state index in [4.69, 9.17) is 4.55 Å². The summed E-state index contributed by atoms with van der Waals surface area (Å²) < 4.78 is 74.7. The molecule has 0 heterocycles. The minimum absolute atomic E-state index is 0.0921. The van der Waals surface area contributed by atoms with E-state index in [2.05, 4.69) is 0 Å². The quantitative estimate of drug-likeness (QED) is 0.487. The number of fused-ring (bicyclic) bond motifs is 9. The Morgan fingerprint density at radius 3 is 2.14 bits per heavy atom. The maximum Gasteiger partial charge on any atom is 0.406 e. The molecule has 7 heteroatoms. The van der Waals surface area contributed by atoms with Crippen molar-refractivity contribution in [2.75, 3.05) is 0 Å². The van der Waals surface area contributed by atoms with E-state index in [0.717, 1.165) is 19.3 Å². The second kappa shape index (κ2) is 4.22. The molecule has 0 aliphatic heterocycles. The van der Waals surface area contributed by atoms with Crippen molar-refractivity contribution in [2.45, 2.75) is 43.3 Å². The Morgan fingerprint density at radius 1 is 0.905 bits per heavy atom. The lowest BCUT2D eigenvalue weighted by Crippen LogP contribution is -2.52. The lowest BCUT2D eigenvalue weighted by molar-refractivity contribution is -0.207. The van der Waals surface area contributed by atoms with Gasteiger partial charge in [-0.3, -0.25) is 0 Å². The van der Waals surface area contributed by atoms with Crippen LogP contribution in [0.1, 0.15) is 32.1 Å². The molecular weight excluding hydrogens is 308 g/mol. The molecule has 0 radical (unpaired) electrons. The minimum Gasteiger partial charge on any atom is -0.301 e. The first-order valence-electron chi connectivity index (χ1n) is 7.61. The van der Waals surface area contributed by atoms with E-state index in [1.165, 1.54) is 0 Å². The molecule has 0 amide bonds. The molecule has 1 N–H and O–H groups in total. The third kappa shape index (κ3) is 1.65. The standard InChI is InChI=1S/C14H18F4O2S/c15-13(16,14(17,18)21(19)20)10-5-8-4-9(10)12-7-2-1-6(3-7)11(8)12/h6-12H,1-5H2,(H,19,20). The fraction of sp³-hybridized carbons (Fsp3) is 1.00. The van der Waals surface area contributed by atoms with Crippen LogP contribution in [0.25, 0.3) is 0 Å². The van der Waals surface area contributed by atoms with Gasteiger partial charge in [0.1, 0.15) is 0 Å². The van der Waals surface area contributed by atoms with Crippen molar-refractivity contribution in [3.05, 3.63) is 0 Å². The molecule has 4 aliphatic carbocycles. The van der Waals surface area contributed by atoms with Crippen LogP contribution < -0.4 is 0 Å². The van der Waals surface area contributed by atoms with Gasteiger partial charge in [0, 0.05) is 5.92 Å². The second-order valence-electron chi connectivity index (χ2n) is 7.38. The van der Waals surface area contributed by atoms with Crippen LogP contribution in [0.3, 0.4) is 0 Å². The summed E-state index contributed by atoms with van der Waals surface area (Å²) in [6, 6.07) is 0. The first kappa shape index (κ1) is 14.4. The van der Waals surface area contributed by atoms with E-state index in [1.807, 2.05) is 0 Å². The molecule has 0 aromatic rings. The van der Waals surface area contributed by atoms with Crippen molar-refractivity contribution >= 4 is 11.1 Å². The normalized spacial score (nSPS) is 49.7. The third-order valence-electron chi connectivity index (χ3n) is 6.81. The van der Waals surface area contributed by atoms with Gasteiger partial charge >= 0.3 is 11.2 Å². The van der Waals surface area contributed by atoms with Gasteiger partial charge in [0.05, 0.1) is 0 Å². The fourth-order valence-corrected chi connectivity index (χ4v) is 6.70. The zero-order chi connectivity index (χ0) is 15.2. The van der Waals surface area contributed by atoms with Gasteiger partial charge in [0.15, 0.2) is 0 Å². The van der Waals surface area contributed by atoms with Crippen molar-refractivity contribution in [1.82, 2.24) is 0 Å². The number of alkyl halides is 4. The SMILES string of the molecule is O=S(O)C(F)(F)C(F)(F)C1CC2CC1C1C3CCC(C3)C21. The lowest BCUT2D eigenvalue weighted by Gasteiger charge is -2.42. The van der Waals surface area contributed by atoms with Crippen molar-refractivity contribution < 1.29 is 26.3 Å². The first-order chi connectivity index (χ1) is 9.75. The van der Waals surface area contributed by atoms with Gasteiger partial charge in [-0.1, -0.05) is 0 Å². The minimum atomic E-state index is -4.85. The number of hydrogen-bond donors (Lipinski definition) is 1. The van der Waals surface area contributed by atoms with Crippen molar-refractivity contribution in [3.8, 4) is 0 Å². The number of halogens is 4. The highest BCUT2D eigenvalue weighted by Gasteiger charge is 2.73. The molecule has 21 heavy (non-hydrogen) atoms. The van der Waals surface area contributed by atoms with E-state index in [0.29, 0.717) is 24.2 Å². The average Bonchev–Trinajstić information content (AvgIpc) is 3.15. The topological polar surface area (TPSA) is 37.3 Å². The summed E-state index contributed by atoms with van der Waals surface area (Å²) in [5.41, 5.74) is 0. The van der Waals surface area contributed by atoms with Crippen LogP contribution in [0, 0.1) is 41.4 Å². The molecule has 4 saturated carbocycles. The second-order valence-corrected chi connectivity index (χ2v) is 8.39. The lowest BCUT2D eigenvalue weighted by atomic mass is 9.66. The molecule has 0 spiro atoms. The molecule has 4 fully saturated rings. The summed E-state index contributed by atoms with van der Waals surface area (Å²) in [4.78, 5) is 0. The monoisotopic (exact) mass is 326 g/mol. The summed E-state index contributed by atoms with van der Waals surface area (Å²) in [6.07, 6.45) is 3.97. The van der Waals surface area contributed by atoms with Gasteiger partial charge in [0.25, 0.3) is 0 Å². The van der Waals surface area contributed by atoms with E-state index in [-0.39, 0.29) is 24.2 Å². The van der Waals surface area contributed by atoms with Crippen molar-refractivity contribution in [1.29, 1.82) is 0 Å². The van der Waals surface area contributed by atoms with Crippen molar-refractivity contribution in [2.24, 2.45) is 41.4 Å². The van der Waals surface area contributed by atoms with E-state index >= 15 is 0 Å². The molecule has 4 bridgehead atoms. The Kier molecular flexibility index (Phi) is 2.90. The smallest absolute Gasteiger partial charge is 0.301 e. The zero-order valence-electron chi connectivity index (χ0n) is 11.4. The summed E-state index contributed by atoms with van der Waals surface area (Å²) in [7, 11) is 0. The van der Waals surface area contributed by atoms with Gasteiger partial charge in [-0.05, 0) is 67.6 Å². The van der Waals surface area contributed by atoms with Gasteiger partial charge in [-0.25, -0.2) is 4.21 Å². The molecular formula is C14H18F4O2S. The van der Waals surface area contributed by atoms with Crippen LogP contribution in [0.4, 0.5) is 17.6 Å². The molecule has 4 rings (SSSR count). The molecule has 0 saturated heterocycles. The number of rotatable bonds is 3. The van der Waals surface area contributed by atoms with Crippen molar-refractivity contribution in [3.63, 3.8) is 0 Å². The molecule has 4 aliphatic rings. The van der Waals surface area contributed by atoms with Gasteiger partial charge in [-0.2, -0.15) is 17.6 Å². The van der Waals surface area contributed by atoms with Gasteiger partial charge < -0.3 is 4.55 Å². The van der Waals surface area contributed by atoms with Crippen LogP contribution >= 0.6 is 0 Å². The Labute approximate surface area is 122 Å². The van der Waals surface area contributed by atoms with E-state index in [1.54, 1.807) is 0 Å². The molecule has 0 aromatic carbocycles. The summed E-state index contributed by atoms with van der Waals surface area (Å²) >= 11 is -3.83. The largest absolute Gasteiger partial charge is 0.406 e. The summed E-state index contributed by atoms with van der Waals surface area (Å²) in [5.74, 6) is -4.46. The molecule has 120 valence electrons. The van der Waals surface area contributed by atoms with E-state index < -0.39 is 28.2 Å². The maximum atomic E-state index is 14.2. The van der Waals surface area contributed by atoms with Crippen LogP contribution in [0.5, 0.6) is 0 Å². The Hall–Kier alpha value is -0.170. The molecule has 8 atom stereocenters. The highest BCUT2D eigenvalue weighted by molar-refractivity contribution is 7.80. The van der Waals surface area contributed by atoms with Gasteiger partial charge in [0.2, 0.25) is 11.1 Å². The molecule has 8 unspecified atom stereocenters. The highest BCUT2D eigenvalue weighted by atomic mass is 32.2. The average molecular weight is 326 g/mol. The third-order valence-corrected chi connectivity index (χ3v) is 7.52. The predicted molar refractivity (Wildman–Crippen MR) is 68.2 cm³/mol. The summed E-state index contributed by atoms with van der Waals surface area (Å²) in [5, 5.41) is -4.85. The van der Waals surface area contributed by atoms with Crippen LogP contribution in [0.2, 0.25) is 0 Å². The van der Waals surface area contributed by atoms with Crippen LogP contribution in [-0.2, 0) is 11.1 Å². The number of hydrogen-bond acceptors (Lipinski definition) is 1. The molecule has 2 nitrogen and oxygen atoms in total. The maximum absolute atomic E-state index is 14.2. The fourth-order valence-electron chi connectivity index (χ4n) is 6.31. The van der Waals surface area contributed by atoms with E-state index in [9.17, 15) is 21.8 Å². The zero-order valence-corrected chi connectivity index (χ0v) is 12.2. The first-order valence-corrected chi connectivity index (χ1v) is 8.72. The summed E-state index contributed by atoms with van der Waals surface area (Å²) in [6.45, 7) is 0. The van der Waals surface area contributed by atoms with Crippen LogP contribution in [-0.4, -0.2) is 19.9 Å². The molecule has 0 aromatic heterocycles. The van der Waals surface area contributed by atoms with Gasteiger partial charge in [-0.15, -0.1) is 0 Å². The highest BCUT2D eigenvalue weighted by Crippen LogP contribution is 2.71. The Morgan fingerprint density at radius 2 is 1.52 bits per heavy atom. The predicted octanol–water partition coefficient (Wildman–Crippen LogP) is 3.75.